The Balaban J connectivity index is 1.47. The molecule has 0 saturated carbocycles. The van der Waals surface area contributed by atoms with Gasteiger partial charge in [0, 0.05) is 45.9 Å². The van der Waals surface area contributed by atoms with E-state index in [-0.39, 0.29) is 21.9 Å². The molecule has 0 heterocycles. The summed E-state index contributed by atoms with van der Waals surface area (Å²) in [6, 6.07) is 21.4. The van der Waals surface area contributed by atoms with Crippen LogP contribution in [0.3, 0.4) is 0 Å². The third-order valence-electron chi connectivity index (χ3n) is 6.20. The molecule has 3 rings (SSSR count). The molecule has 38 heavy (non-hydrogen) atoms. The van der Waals surface area contributed by atoms with Crippen LogP contribution in [0.4, 0.5) is 17.1 Å². The fraction of sp³-hybridized carbons (Fsp3) is 0.375. The Morgan fingerprint density at radius 1 is 0.737 bits per heavy atom. The molecule has 3 N–H and O–H groups in total. The number of rotatable bonds is 9. The standard InChI is InChI=1S/C32H40N2O3S/c1-31(2,3)26-20-25(21-27(30(26)37)32(4,5)6)38-29(36)15-11-10-14-28(35)34-24-18-16-23(17-19-24)33-22-12-8-7-9-13-22/h7-9,12-13,16-21,33,37H,10-11,14-15H2,1-6H3,(H,34,35). The third-order valence-corrected chi connectivity index (χ3v) is 7.10. The Kier molecular flexibility index (Phi) is 9.66. The fourth-order valence-corrected chi connectivity index (χ4v) is 4.96. The summed E-state index contributed by atoms with van der Waals surface area (Å²) in [5, 5.41) is 17.2. The molecule has 0 aromatic heterocycles. The number of hydrogen-bond acceptors (Lipinski definition) is 5. The van der Waals surface area contributed by atoms with Crippen LogP contribution in [0.5, 0.6) is 5.75 Å². The first-order valence-corrected chi connectivity index (χ1v) is 14.0. The zero-order chi connectivity index (χ0) is 27.9. The van der Waals surface area contributed by atoms with Crippen molar-refractivity contribution in [1.82, 2.24) is 0 Å². The van der Waals surface area contributed by atoms with Crippen LogP contribution in [0.1, 0.15) is 78.4 Å². The van der Waals surface area contributed by atoms with E-state index in [9.17, 15) is 14.7 Å². The number of phenolic OH excluding ortho intramolecular Hbond substituents is 1. The molecule has 0 fully saturated rings. The summed E-state index contributed by atoms with van der Waals surface area (Å²) in [6.07, 6.45) is 2.05. The van der Waals surface area contributed by atoms with Crippen LogP contribution in [-0.2, 0) is 20.4 Å². The van der Waals surface area contributed by atoms with Crippen LogP contribution in [0.15, 0.2) is 71.6 Å². The molecule has 3 aromatic carbocycles. The van der Waals surface area contributed by atoms with Gasteiger partial charge in [0.05, 0.1) is 0 Å². The van der Waals surface area contributed by atoms with E-state index >= 15 is 0 Å². The molecule has 0 saturated heterocycles. The molecule has 0 aliphatic heterocycles. The molecule has 0 radical (unpaired) electrons. The predicted molar refractivity (Wildman–Crippen MR) is 160 cm³/mol. The Morgan fingerprint density at radius 3 is 1.79 bits per heavy atom. The normalized spacial score (nSPS) is 11.7. The molecule has 0 bridgehead atoms. The number of hydrogen-bond donors (Lipinski definition) is 3. The summed E-state index contributed by atoms with van der Waals surface area (Å²) >= 11 is 1.22. The van der Waals surface area contributed by atoms with Gasteiger partial charge in [-0.3, -0.25) is 9.59 Å². The van der Waals surface area contributed by atoms with Crippen molar-refractivity contribution in [2.45, 2.75) is 83.0 Å². The van der Waals surface area contributed by atoms with Crippen LogP contribution < -0.4 is 10.6 Å². The lowest BCUT2D eigenvalue weighted by molar-refractivity contribution is -0.116. The summed E-state index contributed by atoms with van der Waals surface area (Å²) in [7, 11) is 0. The number of carbonyl (C=O) groups excluding carboxylic acids is 2. The molecule has 0 unspecified atom stereocenters. The zero-order valence-electron chi connectivity index (χ0n) is 23.4. The van der Waals surface area contributed by atoms with Crippen molar-refractivity contribution in [1.29, 1.82) is 0 Å². The number of unbranched alkanes of at least 4 members (excludes halogenated alkanes) is 1. The first-order valence-electron chi connectivity index (χ1n) is 13.1. The van der Waals surface area contributed by atoms with Crippen LogP contribution in [0.2, 0.25) is 0 Å². The molecule has 0 spiro atoms. The quantitative estimate of drug-likeness (QED) is 0.190. The van der Waals surface area contributed by atoms with Crippen LogP contribution >= 0.6 is 11.8 Å². The van der Waals surface area contributed by atoms with Gasteiger partial charge < -0.3 is 15.7 Å². The van der Waals surface area contributed by atoms with Crippen LogP contribution in [-0.4, -0.2) is 16.1 Å². The minimum Gasteiger partial charge on any atom is -0.507 e. The lowest BCUT2D eigenvalue weighted by Crippen LogP contribution is -2.17. The highest BCUT2D eigenvalue weighted by Crippen LogP contribution is 2.42. The first kappa shape index (κ1) is 29.3. The molecule has 202 valence electrons. The largest absolute Gasteiger partial charge is 0.507 e. The molecular weight excluding hydrogens is 492 g/mol. The maximum atomic E-state index is 12.7. The van der Waals surface area contributed by atoms with Crippen molar-refractivity contribution >= 4 is 39.8 Å². The van der Waals surface area contributed by atoms with E-state index in [1.807, 2.05) is 66.7 Å². The molecule has 0 atom stereocenters. The summed E-state index contributed by atoms with van der Waals surface area (Å²) < 4.78 is 0. The minimum absolute atomic E-state index is 0.0583. The van der Waals surface area contributed by atoms with E-state index in [4.69, 9.17) is 0 Å². The zero-order valence-corrected chi connectivity index (χ0v) is 24.2. The monoisotopic (exact) mass is 532 g/mol. The Morgan fingerprint density at radius 2 is 1.24 bits per heavy atom. The highest BCUT2D eigenvalue weighted by molar-refractivity contribution is 8.13. The number of para-hydroxylation sites is 1. The number of phenols is 1. The fourth-order valence-electron chi connectivity index (χ4n) is 4.10. The first-order chi connectivity index (χ1) is 17.8. The van der Waals surface area contributed by atoms with Crippen LogP contribution in [0.25, 0.3) is 0 Å². The average Bonchev–Trinajstić information content (AvgIpc) is 2.83. The molecule has 0 aliphatic carbocycles. The van der Waals surface area contributed by atoms with Crippen molar-refractivity contribution in [2.75, 3.05) is 10.6 Å². The molecular formula is C32H40N2O3S. The molecule has 0 aliphatic rings. The van der Waals surface area contributed by atoms with Gasteiger partial charge in [-0.2, -0.15) is 0 Å². The van der Waals surface area contributed by atoms with Crippen molar-refractivity contribution in [3.63, 3.8) is 0 Å². The smallest absolute Gasteiger partial charge is 0.224 e. The summed E-state index contributed by atoms with van der Waals surface area (Å²) in [5.41, 5.74) is 3.92. The second-order valence-corrected chi connectivity index (χ2v) is 12.8. The van der Waals surface area contributed by atoms with Crippen molar-refractivity contribution in [3.8, 4) is 5.75 Å². The van der Waals surface area contributed by atoms with E-state index in [0.29, 0.717) is 31.4 Å². The van der Waals surface area contributed by atoms with E-state index in [0.717, 1.165) is 33.1 Å². The summed E-state index contributed by atoms with van der Waals surface area (Å²) in [5.74, 6) is 0.256. The molecule has 5 nitrogen and oxygen atoms in total. The number of amides is 1. The second-order valence-electron chi connectivity index (χ2n) is 11.7. The lowest BCUT2D eigenvalue weighted by atomic mass is 9.79. The average molecular weight is 533 g/mol. The Labute approximate surface area is 231 Å². The minimum atomic E-state index is -0.240. The van der Waals surface area contributed by atoms with E-state index in [1.165, 1.54) is 11.8 Å². The maximum absolute atomic E-state index is 12.7. The number of benzene rings is 3. The highest BCUT2D eigenvalue weighted by atomic mass is 32.2. The Hall–Kier alpha value is -3.25. The van der Waals surface area contributed by atoms with E-state index in [1.54, 1.807) is 0 Å². The van der Waals surface area contributed by atoms with Gasteiger partial charge in [0.15, 0.2) is 5.12 Å². The van der Waals surface area contributed by atoms with E-state index in [2.05, 4.69) is 52.2 Å². The van der Waals surface area contributed by atoms with Gasteiger partial charge in [-0.25, -0.2) is 0 Å². The molecule has 1 amide bonds. The number of thioether (sulfide) groups is 1. The number of anilines is 3. The second kappa shape index (κ2) is 12.5. The highest BCUT2D eigenvalue weighted by Gasteiger charge is 2.27. The van der Waals surface area contributed by atoms with Gasteiger partial charge in [-0.1, -0.05) is 71.5 Å². The van der Waals surface area contributed by atoms with Crippen molar-refractivity contribution in [3.05, 3.63) is 77.9 Å². The maximum Gasteiger partial charge on any atom is 0.224 e. The number of aromatic hydroxyl groups is 1. The molecule has 6 heteroatoms. The van der Waals surface area contributed by atoms with Gasteiger partial charge in [-0.15, -0.1) is 0 Å². The Bertz CT molecular complexity index is 1210. The molecule has 3 aromatic rings. The lowest BCUT2D eigenvalue weighted by Gasteiger charge is -2.28. The van der Waals surface area contributed by atoms with Gasteiger partial charge in [0.1, 0.15) is 5.75 Å². The number of carbonyl (C=O) groups is 2. The predicted octanol–water partition coefficient (Wildman–Crippen LogP) is 8.55. The van der Waals surface area contributed by atoms with Gasteiger partial charge in [0.2, 0.25) is 5.91 Å². The number of nitrogens with one attached hydrogen (secondary N) is 2. The van der Waals surface area contributed by atoms with Gasteiger partial charge in [0.25, 0.3) is 0 Å². The summed E-state index contributed by atoms with van der Waals surface area (Å²) in [4.78, 5) is 25.9. The topological polar surface area (TPSA) is 78.4 Å². The van der Waals surface area contributed by atoms with Crippen molar-refractivity contribution in [2.24, 2.45) is 0 Å². The third kappa shape index (κ3) is 8.66. The van der Waals surface area contributed by atoms with Crippen molar-refractivity contribution < 1.29 is 14.7 Å². The SMILES string of the molecule is CC(C)(C)c1cc(SC(=O)CCCCC(=O)Nc2ccc(Nc3ccccc3)cc2)cc(C(C)(C)C)c1O. The van der Waals surface area contributed by atoms with Gasteiger partial charge in [-0.05, 0) is 72.2 Å². The summed E-state index contributed by atoms with van der Waals surface area (Å²) in [6.45, 7) is 12.4. The van der Waals surface area contributed by atoms with Crippen LogP contribution in [0, 0.1) is 0 Å². The van der Waals surface area contributed by atoms with E-state index < -0.39 is 0 Å². The van der Waals surface area contributed by atoms with Gasteiger partial charge >= 0.3 is 0 Å².